The summed E-state index contributed by atoms with van der Waals surface area (Å²) in [6, 6.07) is 0. The van der Waals surface area contributed by atoms with Gasteiger partial charge < -0.3 is 9.47 Å². The normalized spacial score (nSPS) is 15.4. The van der Waals surface area contributed by atoms with Crippen molar-refractivity contribution in [1.82, 2.24) is 0 Å². The molecule has 0 aliphatic carbocycles. The van der Waals surface area contributed by atoms with Gasteiger partial charge in [-0.2, -0.15) is 0 Å². The molecule has 0 heterocycles. The molecule has 0 saturated carbocycles. The van der Waals surface area contributed by atoms with Gasteiger partial charge in [0.05, 0.1) is 17.3 Å². The van der Waals surface area contributed by atoms with Crippen LogP contribution in [-0.4, -0.2) is 23.9 Å². The van der Waals surface area contributed by atoms with Gasteiger partial charge in [-0.1, -0.05) is 6.92 Å². The molecule has 0 saturated heterocycles. The predicted octanol–water partition coefficient (Wildman–Crippen LogP) is 3.79. The molecule has 0 aliphatic heterocycles. The van der Waals surface area contributed by atoms with E-state index in [1.807, 2.05) is 0 Å². The molecular formula is C13H28O2. The maximum Gasteiger partial charge on any atom is 0.0602 e. The molecule has 0 amide bonds. The lowest BCUT2D eigenvalue weighted by molar-refractivity contribution is -0.0843. The van der Waals surface area contributed by atoms with Crippen molar-refractivity contribution in [2.75, 3.05) is 6.61 Å². The molecule has 0 radical (unpaired) electrons. The molecule has 15 heavy (non-hydrogen) atoms. The van der Waals surface area contributed by atoms with Gasteiger partial charge in [-0.25, -0.2) is 0 Å². The molecule has 1 unspecified atom stereocenters. The van der Waals surface area contributed by atoms with Crippen LogP contribution in [0.5, 0.6) is 0 Å². The van der Waals surface area contributed by atoms with E-state index < -0.39 is 0 Å². The fourth-order valence-electron chi connectivity index (χ4n) is 1.34. The highest BCUT2D eigenvalue weighted by Crippen LogP contribution is 2.16. The van der Waals surface area contributed by atoms with Crippen LogP contribution < -0.4 is 0 Å². The Morgan fingerprint density at radius 1 is 0.933 bits per heavy atom. The first-order valence-electron chi connectivity index (χ1n) is 5.96. The zero-order valence-electron chi connectivity index (χ0n) is 11.5. The van der Waals surface area contributed by atoms with Crippen molar-refractivity contribution in [3.63, 3.8) is 0 Å². The van der Waals surface area contributed by atoms with Crippen molar-refractivity contribution < 1.29 is 9.47 Å². The van der Waals surface area contributed by atoms with E-state index in [0.29, 0.717) is 6.10 Å². The molecule has 92 valence electrons. The minimum atomic E-state index is -0.0532. The summed E-state index contributed by atoms with van der Waals surface area (Å²) in [6.45, 7) is 15.5. The first kappa shape index (κ1) is 14.9. The minimum Gasteiger partial charge on any atom is -0.376 e. The van der Waals surface area contributed by atoms with Gasteiger partial charge >= 0.3 is 0 Å². The Morgan fingerprint density at radius 2 is 1.47 bits per heavy atom. The van der Waals surface area contributed by atoms with Gasteiger partial charge in [0.1, 0.15) is 0 Å². The number of rotatable bonds is 5. The van der Waals surface area contributed by atoms with Crippen LogP contribution >= 0.6 is 0 Å². The summed E-state index contributed by atoms with van der Waals surface area (Å²) in [5.74, 6) is 0. The molecule has 0 aromatic rings. The van der Waals surface area contributed by atoms with Crippen LogP contribution in [0, 0.1) is 0 Å². The highest BCUT2D eigenvalue weighted by atomic mass is 16.5. The van der Waals surface area contributed by atoms with Gasteiger partial charge in [-0.3, -0.25) is 0 Å². The smallest absolute Gasteiger partial charge is 0.0602 e. The van der Waals surface area contributed by atoms with Crippen LogP contribution in [0.25, 0.3) is 0 Å². The molecule has 1 atom stereocenters. The molecule has 0 bridgehead atoms. The first-order valence-corrected chi connectivity index (χ1v) is 5.96. The molecule has 0 aliphatic rings. The molecular weight excluding hydrogens is 188 g/mol. The number of hydrogen-bond acceptors (Lipinski definition) is 2. The Labute approximate surface area is 95.3 Å². The topological polar surface area (TPSA) is 18.5 Å². The zero-order chi connectivity index (χ0) is 12.1. The third kappa shape index (κ3) is 10.2. The average Bonchev–Trinajstić information content (AvgIpc) is 1.97. The van der Waals surface area contributed by atoms with E-state index in [1.165, 1.54) is 0 Å². The molecule has 0 aromatic heterocycles. The Kier molecular flexibility index (Phi) is 5.82. The van der Waals surface area contributed by atoms with E-state index in [0.717, 1.165) is 19.4 Å². The monoisotopic (exact) mass is 216 g/mol. The van der Waals surface area contributed by atoms with E-state index in [2.05, 4.69) is 48.5 Å². The number of ether oxygens (including phenoxy) is 2. The first-order chi connectivity index (χ1) is 6.64. The fourth-order valence-corrected chi connectivity index (χ4v) is 1.34. The standard InChI is InChI=1S/C13H28O2/c1-8-11(15-13(5,6)7)9-10-14-12(2,3)4/h11H,8-10H2,1-7H3. The summed E-state index contributed by atoms with van der Waals surface area (Å²) >= 11 is 0. The molecule has 0 N–H and O–H groups in total. The van der Waals surface area contributed by atoms with Crippen LogP contribution in [0.2, 0.25) is 0 Å². The molecule has 2 nitrogen and oxygen atoms in total. The second kappa shape index (κ2) is 5.86. The van der Waals surface area contributed by atoms with E-state index in [9.17, 15) is 0 Å². The molecule has 0 spiro atoms. The Bertz CT molecular complexity index is 162. The lowest BCUT2D eigenvalue weighted by atomic mass is 10.1. The third-order valence-electron chi connectivity index (χ3n) is 1.95. The summed E-state index contributed by atoms with van der Waals surface area (Å²) in [4.78, 5) is 0. The van der Waals surface area contributed by atoms with Gasteiger partial charge in [-0.05, 0) is 54.4 Å². The summed E-state index contributed by atoms with van der Waals surface area (Å²) < 4.78 is 11.6. The predicted molar refractivity (Wildman–Crippen MR) is 65.2 cm³/mol. The Hall–Kier alpha value is -0.0800. The van der Waals surface area contributed by atoms with Crippen LogP contribution in [0.1, 0.15) is 61.3 Å². The van der Waals surface area contributed by atoms with E-state index in [-0.39, 0.29) is 11.2 Å². The second-order valence-corrected chi connectivity index (χ2v) is 6.01. The van der Waals surface area contributed by atoms with Gasteiger partial charge in [0.15, 0.2) is 0 Å². The number of hydrogen-bond donors (Lipinski definition) is 0. The lowest BCUT2D eigenvalue weighted by Gasteiger charge is -2.28. The minimum absolute atomic E-state index is 0.0416. The van der Waals surface area contributed by atoms with Crippen LogP contribution in [0.3, 0.4) is 0 Å². The highest BCUT2D eigenvalue weighted by Gasteiger charge is 2.18. The summed E-state index contributed by atoms with van der Waals surface area (Å²) in [6.07, 6.45) is 2.34. The third-order valence-corrected chi connectivity index (χ3v) is 1.95. The summed E-state index contributed by atoms with van der Waals surface area (Å²) in [5.41, 5.74) is -0.0948. The van der Waals surface area contributed by atoms with E-state index in [4.69, 9.17) is 9.47 Å². The largest absolute Gasteiger partial charge is 0.376 e. The second-order valence-electron chi connectivity index (χ2n) is 6.01. The van der Waals surface area contributed by atoms with Crippen molar-refractivity contribution in [3.8, 4) is 0 Å². The van der Waals surface area contributed by atoms with E-state index in [1.54, 1.807) is 0 Å². The van der Waals surface area contributed by atoms with Crippen molar-refractivity contribution in [1.29, 1.82) is 0 Å². The Morgan fingerprint density at radius 3 is 1.80 bits per heavy atom. The van der Waals surface area contributed by atoms with E-state index >= 15 is 0 Å². The van der Waals surface area contributed by atoms with Crippen molar-refractivity contribution in [2.24, 2.45) is 0 Å². The quantitative estimate of drug-likeness (QED) is 0.696. The highest BCUT2D eigenvalue weighted by molar-refractivity contribution is 4.66. The van der Waals surface area contributed by atoms with Crippen molar-refractivity contribution >= 4 is 0 Å². The van der Waals surface area contributed by atoms with Gasteiger partial charge in [0, 0.05) is 6.61 Å². The maximum absolute atomic E-state index is 5.92. The van der Waals surface area contributed by atoms with Crippen molar-refractivity contribution in [3.05, 3.63) is 0 Å². The van der Waals surface area contributed by atoms with Gasteiger partial charge in [-0.15, -0.1) is 0 Å². The molecule has 2 heteroatoms. The van der Waals surface area contributed by atoms with Gasteiger partial charge in [0.25, 0.3) is 0 Å². The van der Waals surface area contributed by atoms with Crippen LogP contribution in [0.4, 0.5) is 0 Å². The molecule has 0 fully saturated rings. The van der Waals surface area contributed by atoms with Crippen LogP contribution in [0.15, 0.2) is 0 Å². The van der Waals surface area contributed by atoms with Crippen LogP contribution in [-0.2, 0) is 9.47 Å². The molecule has 0 rings (SSSR count). The Balaban J connectivity index is 3.82. The SMILES string of the molecule is CCC(CCOC(C)(C)C)OC(C)(C)C. The van der Waals surface area contributed by atoms with Gasteiger partial charge in [0.2, 0.25) is 0 Å². The lowest BCUT2D eigenvalue weighted by Crippen LogP contribution is -2.29. The molecule has 0 aromatic carbocycles. The zero-order valence-corrected chi connectivity index (χ0v) is 11.5. The van der Waals surface area contributed by atoms with Crippen molar-refractivity contribution in [2.45, 2.75) is 78.6 Å². The fraction of sp³-hybridized carbons (Fsp3) is 1.00. The average molecular weight is 216 g/mol. The summed E-state index contributed by atoms with van der Waals surface area (Å²) in [7, 11) is 0. The summed E-state index contributed by atoms with van der Waals surface area (Å²) in [5, 5.41) is 0. The maximum atomic E-state index is 5.92.